The molecule has 3 aliphatic heterocycles. The van der Waals surface area contributed by atoms with Crippen molar-refractivity contribution < 1.29 is 18.0 Å². The summed E-state index contributed by atoms with van der Waals surface area (Å²) < 4.78 is 29.8. The first kappa shape index (κ1) is 27.8. The van der Waals surface area contributed by atoms with E-state index in [1.165, 1.54) is 10.5 Å². The minimum absolute atomic E-state index is 0.0788. The van der Waals surface area contributed by atoms with Gasteiger partial charge in [-0.1, -0.05) is 18.2 Å². The fourth-order valence-electron chi connectivity index (χ4n) is 6.23. The van der Waals surface area contributed by atoms with Crippen LogP contribution in [0.5, 0.6) is 0 Å². The lowest BCUT2D eigenvalue weighted by atomic mass is 9.89. The first-order valence-electron chi connectivity index (χ1n) is 14.3. The number of hydrogen-bond acceptors (Lipinski definition) is 7. The molecule has 3 aromatic rings. The van der Waals surface area contributed by atoms with E-state index in [0.717, 1.165) is 42.4 Å². The van der Waals surface area contributed by atoms with Crippen molar-refractivity contribution in [3.8, 4) is 0 Å². The fraction of sp³-hybridized carbons (Fsp3) is 0.483. The van der Waals surface area contributed by atoms with E-state index < -0.39 is 16.1 Å². The Kier molecular flexibility index (Phi) is 7.58. The molecule has 2 aromatic carbocycles. The van der Waals surface area contributed by atoms with Gasteiger partial charge in [0, 0.05) is 51.1 Å². The maximum atomic E-state index is 13.2. The maximum Gasteiger partial charge on any atom is 0.329 e. The van der Waals surface area contributed by atoms with Crippen LogP contribution in [0.15, 0.2) is 47.4 Å². The third kappa shape index (κ3) is 5.61. The van der Waals surface area contributed by atoms with Gasteiger partial charge in [-0.3, -0.25) is 24.6 Å². The number of likely N-dealkylation sites (tertiary alicyclic amines) is 1. The lowest BCUT2D eigenvalue weighted by Gasteiger charge is -2.32. The van der Waals surface area contributed by atoms with Crippen molar-refractivity contribution in [2.45, 2.75) is 55.5 Å². The second kappa shape index (κ2) is 11.2. The molecule has 4 heterocycles. The third-order valence-corrected chi connectivity index (χ3v) is 10.6. The molecule has 3 saturated heterocycles. The van der Waals surface area contributed by atoms with Gasteiger partial charge in [0.25, 0.3) is 0 Å². The van der Waals surface area contributed by atoms with E-state index in [4.69, 9.17) is 5.73 Å². The average molecular weight is 580 g/mol. The summed E-state index contributed by atoms with van der Waals surface area (Å²) >= 11 is 0. The van der Waals surface area contributed by atoms with Crippen LogP contribution in [0.2, 0.25) is 0 Å². The maximum absolute atomic E-state index is 13.2. The molecule has 0 aliphatic carbocycles. The van der Waals surface area contributed by atoms with Crippen molar-refractivity contribution in [2.24, 2.45) is 12.8 Å². The number of piperidine rings is 2. The Morgan fingerprint density at radius 3 is 2.46 bits per heavy atom. The molecular weight excluding hydrogens is 542 g/mol. The number of carbonyl (C=O) groups is 2. The minimum Gasteiger partial charge on any atom is -0.328 e. The van der Waals surface area contributed by atoms with Gasteiger partial charge in [-0.05, 0) is 80.1 Å². The number of nitrogens with one attached hydrogen (secondary N) is 1. The Balaban J connectivity index is 1.10. The normalized spacial score (nSPS) is 20.6. The van der Waals surface area contributed by atoms with Gasteiger partial charge >= 0.3 is 6.03 Å². The smallest absolute Gasteiger partial charge is 0.328 e. The highest BCUT2D eigenvalue weighted by atomic mass is 32.2. The van der Waals surface area contributed by atoms with Crippen LogP contribution >= 0.6 is 0 Å². The van der Waals surface area contributed by atoms with Gasteiger partial charge in [-0.25, -0.2) is 13.2 Å². The summed E-state index contributed by atoms with van der Waals surface area (Å²) in [5.41, 5.74) is 9.18. The molecule has 0 saturated carbocycles. The third-order valence-electron chi connectivity index (χ3n) is 8.67. The van der Waals surface area contributed by atoms with Crippen molar-refractivity contribution in [2.75, 3.05) is 37.6 Å². The fourth-order valence-corrected chi connectivity index (χ4v) is 7.77. The number of fused-ring (bicyclic) bond motifs is 1. The zero-order valence-corrected chi connectivity index (χ0v) is 24.1. The zero-order chi connectivity index (χ0) is 28.7. The van der Waals surface area contributed by atoms with Crippen LogP contribution < -0.4 is 16.0 Å². The van der Waals surface area contributed by atoms with E-state index in [9.17, 15) is 18.0 Å². The van der Waals surface area contributed by atoms with Gasteiger partial charge in [0.05, 0.1) is 10.4 Å². The van der Waals surface area contributed by atoms with E-state index in [2.05, 4.69) is 27.4 Å². The summed E-state index contributed by atoms with van der Waals surface area (Å²) in [6.07, 6.45) is 3.65. The molecule has 6 rings (SSSR count). The number of amides is 3. The second-order valence-electron chi connectivity index (χ2n) is 11.4. The van der Waals surface area contributed by atoms with E-state index >= 15 is 0 Å². The second-order valence-corrected chi connectivity index (χ2v) is 13.4. The van der Waals surface area contributed by atoms with Crippen molar-refractivity contribution in [3.05, 3.63) is 53.6 Å². The van der Waals surface area contributed by atoms with Crippen LogP contribution in [0.1, 0.15) is 49.1 Å². The number of anilines is 1. The number of urea groups is 1. The van der Waals surface area contributed by atoms with Crippen LogP contribution in [0.3, 0.4) is 0 Å². The van der Waals surface area contributed by atoms with E-state index in [1.54, 1.807) is 15.1 Å². The molecule has 11 nitrogen and oxygen atoms in total. The Labute approximate surface area is 240 Å². The van der Waals surface area contributed by atoms with Crippen LogP contribution in [0.4, 0.5) is 10.6 Å². The molecule has 12 heteroatoms. The number of sulfonamides is 1. The van der Waals surface area contributed by atoms with Crippen LogP contribution in [0, 0.1) is 0 Å². The quantitative estimate of drug-likeness (QED) is 0.458. The van der Waals surface area contributed by atoms with Gasteiger partial charge in [0.15, 0.2) is 5.82 Å². The molecule has 0 atom stereocenters. The lowest BCUT2D eigenvalue weighted by Crippen LogP contribution is -2.49. The molecule has 1 aromatic heterocycles. The highest BCUT2D eigenvalue weighted by Crippen LogP contribution is 2.34. The summed E-state index contributed by atoms with van der Waals surface area (Å²) in [7, 11) is -1.64. The molecule has 3 amide bonds. The van der Waals surface area contributed by atoms with Gasteiger partial charge in [-0.15, -0.1) is 0 Å². The number of nitrogens with zero attached hydrogens (tertiary/aromatic N) is 5. The molecule has 0 bridgehead atoms. The predicted molar refractivity (Wildman–Crippen MR) is 156 cm³/mol. The molecule has 3 fully saturated rings. The first-order chi connectivity index (χ1) is 19.7. The number of nitrogens with two attached hydrogens (primary N) is 1. The Morgan fingerprint density at radius 2 is 1.73 bits per heavy atom. The predicted octanol–water partition coefficient (Wildman–Crippen LogP) is 2.51. The molecule has 0 radical (unpaired) electrons. The van der Waals surface area contributed by atoms with Gasteiger partial charge in [0.1, 0.15) is 0 Å². The molecule has 3 N–H and O–H groups in total. The number of aryl methyl sites for hydroxylation is 1. The van der Waals surface area contributed by atoms with Crippen LogP contribution in [-0.2, 0) is 28.4 Å². The molecule has 218 valence electrons. The van der Waals surface area contributed by atoms with Gasteiger partial charge in [0.2, 0.25) is 15.9 Å². The van der Waals surface area contributed by atoms with E-state index in [-0.39, 0.29) is 18.4 Å². The Hall–Kier alpha value is -3.32. The van der Waals surface area contributed by atoms with Gasteiger partial charge < -0.3 is 5.73 Å². The topological polar surface area (TPSA) is 134 Å². The molecule has 3 aliphatic rings. The van der Waals surface area contributed by atoms with Crippen molar-refractivity contribution in [3.63, 3.8) is 0 Å². The molecule has 41 heavy (non-hydrogen) atoms. The average Bonchev–Trinajstić information content (AvgIpc) is 3.29. The van der Waals surface area contributed by atoms with Crippen molar-refractivity contribution >= 4 is 38.7 Å². The summed E-state index contributed by atoms with van der Waals surface area (Å²) in [5, 5.41) is 7.86. The first-order valence-corrected chi connectivity index (χ1v) is 15.8. The molecule has 0 spiro atoms. The summed E-state index contributed by atoms with van der Waals surface area (Å²) in [5.74, 6) is 0.713. The van der Waals surface area contributed by atoms with Gasteiger partial charge in [-0.2, -0.15) is 9.40 Å². The monoisotopic (exact) mass is 579 g/mol. The minimum atomic E-state index is -3.51. The SMILES string of the molecule is Cn1nc(N2CCC(=O)NC2=O)c2ccc(C3CCN(Cc4cccc(S(=O)(=O)N5CCC(N)CC5)c4)CC3)cc21. The van der Waals surface area contributed by atoms with Crippen molar-refractivity contribution in [1.29, 1.82) is 0 Å². The summed E-state index contributed by atoms with van der Waals surface area (Å²) in [4.78, 5) is 28.2. The van der Waals surface area contributed by atoms with Crippen LogP contribution in [0.25, 0.3) is 10.9 Å². The summed E-state index contributed by atoms with van der Waals surface area (Å²) in [6, 6.07) is 13.3. The number of imide groups is 1. The van der Waals surface area contributed by atoms with Crippen molar-refractivity contribution in [1.82, 2.24) is 24.3 Å². The highest BCUT2D eigenvalue weighted by molar-refractivity contribution is 7.89. The number of rotatable bonds is 6. The number of hydrogen-bond donors (Lipinski definition) is 2. The lowest BCUT2D eigenvalue weighted by molar-refractivity contribution is -0.120. The standard InChI is InChI=1S/C29H37N7O4S/c1-33-26-18-22(5-6-25(26)28(32-33)36-16-11-27(37)31-29(36)38)21-7-12-34(13-8-21)19-20-3-2-4-24(17-20)41(39,40)35-14-9-23(30)10-15-35/h2-6,17-18,21,23H,7-16,19,30H2,1H3,(H,31,37,38). The van der Waals surface area contributed by atoms with E-state index in [1.807, 2.05) is 31.3 Å². The highest BCUT2D eigenvalue weighted by Gasteiger charge is 2.30. The zero-order valence-electron chi connectivity index (χ0n) is 23.3. The molecule has 0 unspecified atom stereocenters. The van der Waals surface area contributed by atoms with Crippen LogP contribution in [-0.4, -0.2) is 78.1 Å². The largest absolute Gasteiger partial charge is 0.329 e. The Bertz CT molecular complexity index is 1570. The number of aromatic nitrogens is 2. The Morgan fingerprint density at radius 1 is 0.976 bits per heavy atom. The number of benzene rings is 2. The van der Waals surface area contributed by atoms with E-state index in [0.29, 0.717) is 55.7 Å². The summed E-state index contributed by atoms with van der Waals surface area (Å²) in [6.45, 7) is 3.82. The molecular formula is C29H37N7O4S. The number of carbonyl (C=O) groups excluding carboxylic acids is 2.